The molecule has 0 radical (unpaired) electrons. The van der Waals surface area contributed by atoms with Gasteiger partial charge in [0.1, 0.15) is 5.56 Å². The van der Waals surface area contributed by atoms with Crippen molar-refractivity contribution in [1.29, 1.82) is 0 Å². The third kappa shape index (κ3) is 4.15. The molecule has 0 unspecified atom stereocenters. The van der Waals surface area contributed by atoms with Crippen molar-refractivity contribution in [3.8, 4) is 0 Å². The van der Waals surface area contributed by atoms with Crippen molar-refractivity contribution in [3.05, 3.63) is 104 Å². The second-order valence-electron chi connectivity index (χ2n) is 6.55. The summed E-state index contributed by atoms with van der Waals surface area (Å²) in [4.78, 5) is 35.8. The van der Waals surface area contributed by atoms with Gasteiger partial charge in [0.25, 0.3) is 17.2 Å². The molecule has 1 aromatic heterocycles. The van der Waals surface area contributed by atoms with E-state index in [9.17, 15) is 19.7 Å². The van der Waals surface area contributed by atoms with E-state index in [1.54, 1.807) is 25.3 Å². The van der Waals surface area contributed by atoms with Crippen LogP contribution in [0.1, 0.15) is 27.0 Å². The minimum Gasteiger partial charge on any atom is -0.321 e. The van der Waals surface area contributed by atoms with Crippen LogP contribution in [-0.2, 0) is 6.54 Å². The number of amides is 1. The Kier molecular flexibility index (Phi) is 5.35. The van der Waals surface area contributed by atoms with E-state index in [1.807, 2.05) is 31.2 Å². The summed E-state index contributed by atoms with van der Waals surface area (Å²) in [6.45, 7) is 4.04. The first-order chi connectivity index (χ1) is 13.3. The standard InChI is InChI=1S/C21H19N3O4/c1-14-5-3-6-16(11-14)13-23-10-4-7-18(21(23)26)20(25)22-19-12-17(24(27)28)9-8-15(19)2/h3-12H,13H2,1-2H3,(H,22,25). The highest BCUT2D eigenvalue weighted by atomic mass is 16.6. The molecular formula is C21H19N3O4. The summed E-state index contributed by atoms with van der Waals surface area (Å²) in [6.07, 6.45) is 1.63. The second kappa shape index (κ2) is 7.87. The molecule has 3 aromatic rings. The molecule has 0 atom stereocenters. The van der Waals surface area contributed by atoms with Gasteiger partial charge in [-0.3, -0.25) is 19.7 Å². The Labute approximate surface area is 161 Å². The lowest BCUT2D eigenvalue weighted by Gasteiger charge is -2.11. The van der Waals surface area contributed by atoms with E-state index in [2.05, 4.69) is 5.32 Å². The number of hydrogen-bond acceptors (Lipinski definition) is 4. The molecule has 7 nitrogen and oxygen atoms in total. The number of carbonyl (C=O) groups is 1. The number of non-ortho nitro benzene ring substituents is 1. The Bertz CT molecular complexity index is 1120. The molecular weight excluding hydrogens is 358 g/mol. The Morgan fingerprint density at radius 3 is 2.61 bits per heavy atom. The first-order valence-electron chi connectivity index (χ1n) is 8.66. The average Bonchev–Trinajstić information content (AvgIpc) is 2.65. The van der Waals surface area contributed by atoms with Gasteiger partial charge in [0.05, 0.1) is 17.2 Å². The van der Waals surface area contributed by atoms with Gasteiger partial charge in [0.15, 0.2) is 0 Å². The van der Waals surface area contributed by atoms with Gasteiger partial charge in [-0.1, -0.05) is 35.9 Å². The number of hydrogen-bond donors (Lipinski definition) is 1. The molecule has 142 valence electrons. The lowest BCUT2D eigenvalue weighted by molar-refractivity contribution is -0.384. The predicted molar refractivity (Wildman–Crippen MR) is 107 cm³/mol. The minimum atomic E-state index is -0.604. The number of nitro benzene ring substituents is 1. The Hall–Kier alpha value is -3.74. The molecule has 0 fully saturated rings. The van der Waals surface area contributed by atoms with Crippen molar-refractivity contribution in [2.75, 3.05) is 5.32 Å². The number of carbonyl (C=O) groups excluding carboxylic acids is 1. The minimum absolute atomic E-state index is 0.0268. The molecule has 1 heterocycles. The monoisotopic (exact) mass is 377 g/mol. The fraction of sp³-hybridized carbons (Fsp3) is 0.143. The Morgan fingerprint density at radius 1 is 1.11 bits per heavy atom. The average molecular weight is 377 g/mol. The summed E-state index contributed by atoms with van der Waals surface area (Å²) < 4.78 is 1.46. The van der Waals surface area contributed by atoms with Crippen LogP contribution in [0.25, 0.3) is 0 Å². The van der Waals surface area contributed by atoms with E-state index in [0.717, 1.165) is 11.1 Å². The van der Waals surface area contributed by atoms with Crippen LogP contribution >= 0.6 is 0 Å². The predicted octanol–water partition coefficient (Wildman–Crippen LogP) is 3.67. The zero-order chi connectivity index (χ0) is 20.3. The summed E-state index contributed by atoms with van der Waals surface area (Å²) in [5, 5.41) is 13.6. The first-order valence-corrected chi connectivity index (χ1v) is 8.66. The van der Waals surface area contributed by atoms with Gasteiger partial charge >= 0.3 is 0 Å². The largest absolute Gasteiger partial charge is 0.321 e. The van der Waals surface area contributed by atoms with Gasteiger partial charge in [-0.2, -0.15) is 0 Å². The Morgan fingerprint density at radius 2 is 1.89 bits per heavy atom. The van der Waals surface area contributed by atoms with Gasteiger partial charge < -0.3 is 9.88 Å². The zero-order valence-electron chi connectivity index (χ0n) is 15.5. The van der Waals surface area contributed by atoms with Gasteiger partial charge in [-0.05, 0) is 37.1 Å². The molecule has 0 spiro atoms. The van der Waals surface area contributed by atoms with Crippen molar-refractivity contribution < 1.29 is 9.72 Å². The van der Waals surface area contributed by atoms with Crippen molar-refractivity contribution in [2.24, 2.45) is 0 Å². The van der Waals surface area contributed by atoms with E-state index in [4.69, 9.17) is 0 Å². The summed E-state index contributed by atoms with van der Waals surface area (Å²) in [7, 11) is 0. The van der Waals surface area contributed by atoms with Crippen LogP contribution in [0.3, 0.4) is 0 Å². The van der Waals surface area contributed by atoms with Crippen LogP contribution in [0, 0.1) is 24.0 Å². The maximum atomic E-state index is 12.7. The van der Waals surface area contributed by atoms with Crippen LogP contribution < -0.4 is 10.9 Å². The highest BCUT2D eigenvalue weighted by Gasteiger charge is 2.16. The number of pyridine rings is 1. The van der Waals surface area contributed by atoms with E-state index < -0.39 is 16.4 Å². The van der Waals surface area contributed by atoms with Gasteiger partial charge in [0.2, 0.25) is 0 Å². The normalized spacial score (nSPS) is 10.5. The summed E-state index contributed by atoms with van der Waals surface area (Å²) >= 11 is 0. The smallest absolute Gasteiger partial charge is 0.271 e. The summed E-state index contributed by atoms with van der Waals surface area (Å²) in [6, 6.07) is 15.0. The molecule has 1 N–H and O–H groups in total. The number of benzene rings is 2. The number of nitrogens with one attached hydrogen (secondary N) is 1. The highest BCUT2D eigenvalue weighted by Crippen LogP contribution is 2.22. The maximum Gasteiger partial charge on any atom is 0.271 e. The molecule has 28 heavy (non-hydrogen) atoms. The number of rotatable bonds is 5. The van der Waals surface area contributed by atoms with Crippen molar-refractivity contribution >= 4 is 17.3 Å². The fourth-order valence-electron chi connectivity index (χ4n) is 2.89. The highest BCUT2D eigenvalue weighted by molar-refractivity contribution is 6.04. The molecule has 0 saturated heterocycles. The molecule has 7 heteroatoms. The number of nitrogens with zero attached hydrogens (tertiary/aromatic N) is 2. The van der Waals surface area contributed by atoms with E-state index >= 15 is 0 Å². The maximum absolute atomic E-state index is 12.7. The van der Waals surface area contributed by atoms with Gasteiger partial charge in [0, 0.05) is 18.3 Å². The third-order valence-corrected chi connectivity index (χ3v) is 4.38. The molecule has 0 aliphatic rings. The quantitative estimate of drug-likeness (QED) is 0.542. The number of nitro groups is 1. The Balaban J connectivity index is 1.88. The molecule has 0 aliphatic heterocycles. The zero-order valence-corrected chi connectivity index (χ0v) is 15.5. The molecule has 0 bridgehead atoms. The van der Waals surface area contributed by atoms with Crippen LogP contribution in [0.2, 0.25) is 0 Å². The van der Waals surface area contributed by atoms with E-state index in [1.165, 1.54) is 22.8 Å². The van der Waals surface area contributed by atoms with Crippen LogP contribution in [0.15, 0.2) is 65.6 Å². The van der Waals surface area contributed by atoms with Crippen LogP contribution in [-0.4, -0.2) is 15.4 Å². The second-order valence-corrected chi connectivity index (χ2v) is 6.55. The van der Waals surface area contributed by atoms with E-state index in [0.29, 0.717) is 17.8 Å². The summed E-state index contributed by atoms with van der Waals surface area (Å²) in [5.41, 5.74) is 2.41. The lowest BCUT2D eigenvalue weighted by atomic mass is 10.1. The topological polar surface area (TPSA) is 94.2 Å². The SMILES string of the molecule is Cc1cccc(Cn2cccc(C(=O)Nc3cc([N+](=O)[O-])ccc3C)c2=O)c1. The molecule has 2 aromatic carbocycles. The van der Waals surface area contributed by atoms with Crippen LogP contribution in [0.5, 0.6) is 0 Å². The summed E-state index contributed by atoms with van der Waals surface area (Å²) in [5.74, 6) is -0.604. The fourth-order valence-corrected chi connectivity index (χ4v) is 2.89. The van der Waals surface area contributed by atoms with Crippen molar-refractivity contribution in [1.82, 2.24) is 4.57 Å². The number of anilines is 1. The molecule has 1 amide bonds. The molecule has 0 aliphatic carbocycles. The van der Waals surface area contributed by atoms with Gasteiger partial charge in [-0.15, -0.1) is 0 Å². The third-order valence-electron chi connectivity index (χ3n) is 4.38. The first kappa shape index (κ1) is 19.0. The van der Waals surface area contributed by atoms with Crippen LogP contribution in [0.4, 0.5) is 11.4 Å². The van der Waals surface area contributed by atoms with Crippen molar-refractivity contribution in [2.45, 2.75) is 20.4 Å². The van der Waals surface area contributed by atoms with E-state index in [-0.39, 0.29) is 11.3 Å². The number of aryl methyl sites for hydroxylation is 2. The molecule has 0 saturated carbocycles. The molecule has 3 rings (SSSR count). The number of aromatic nitrogens is 1. The van der Waals surface area contributed by atoms with Crippen molar-refractivity contribution in [3.63, 3.8) is 0 Å². The van der Waals surface area contributed by atoms with Gasteiger partial charge in [-0.25, -0.2) is 0 Å². The lowest BCUT2D eigenvalue weighted by Crippen LogP contribution is -2.29.